The highest BCUT2D eigenvalue weighted by molar-refractivity contribution is 5.86. The molecule has 0 bridgehead atoms. The van der Waals surface area contributed by atoms with Crippen LogP contribution in [0, 0.1) is 10.1 Å². The van der Waals surface area contributed by atoms with Gasteiger partial charge in [0.25, 0.3) is 11.6 Å². The molecule has 2 rings (SSSR count). The minimum absolute atomic E-state index is 0.00139. The van der Waals surface area contributed by atoms with Gasteiger partial charge in [0.15, 0.2) is 0 Å². The number of anilines is 1. The van der Waals surface area contributed by atoms with Gasteiger partial charge < -0.3 is 10.1 Å². The largest absolute Gasteiger partial charge is 0.497 e. The molecule has 0 spiro atoms. The summed E-state index contributed by atoms with van der Waals surface area (Å²) in [5, 5.41) is 17.5. The van der Waals surface area contributed by atoms with Crippen LogP contribution in [0.1, 0.15) is 12.5 Å². The van der Waals surface area contributed by atoms with E-state index in [1.54, 1.807) is 38.3 Å². The maximum absolute atomic E-state index is 12.0. The van der Waals surface area contributed by atoms with Crippen molar-refractivity contribution < 1.29 is 14.5 Å². The van der Waals surface area contributed by atoms with Gasteiger partial charge in [-0.3, -0.25) is 14.9 Å². The molecule has 8 nitrogen and oxygen atoms in total. The van der Waals surface area contributed by atoms with Crippen molar-refractivity contribution in [3.8, 4) is 5.75 Å². The van der Waals surface area contributed by atoms with E-state index in [2.05, 4.69) is 15.8 Å². The zero-order chi connectivity index (χ0) is 18.2. The average Bonchev–Trinajstić information content (AvgIpc) is 2.62. The molecule has 0 aliphatic carbocycles. The van der Waals surface area contributed by atoms with Gasteiger partial charge in [-0.25, -0.2) is 5.43 Å². The zero-order valence-corrected chi connectivity index (χ0v) is 13.8. The van der Waals surface area contributed by atoms with Gasteiger partial charge in [0.05, 0.1) is 18.2 Å². The molecule has 0 aromatic heterocycles. The topological polar surface area (TPSA) is 106 Å². The molecule has 0 heterocycles. The normalized spacial score (nSPS) is 11.8. The molecule has 2 aromatic carbocycles. The standard InChI is InChI=1S/C17H18N4O4/c1-12(19-14-5-9-16(25-2)10-6-14)17(22)20-18-11-13-3-7-15(8-4-13)21(23)24/h3-12,19H,1-2H3,(H,20,22)/b18-11-/t12-/m1/s1. The van der Waals surface area contributed by atoms with Crippen LogP contribution in [0.5, 0.6) is 5.75 Å². The number of amides is 1. The number of nitro groups is 1. The first kappa shape index (κ1) is 17.9. The minimum atomic E-state index is -0.498. The van der Waals surface area contributed by atoms with Gasteiger partial charge in [0, 0.05) is 17.8 Å². The Bertz CT molecular complexity index is 757. The van der Waals surface area contributed by atoms with Gasteiger partial charge >= 0.3 is 0 Å². The van der Waals surface area contributed by atoms with Crippen molar-refractivity contribution in [1.29, 1.82) is 0 Å². The van der Waals surface area contributed by atoms with Crippen LogP contribution < -0.4 is 15.5 Å². The Morgan fingerprint density at radius 3 is 2.40 bits per heavy atom. The van der Waals surface area contributed by atoms with Crippen molar-refractivity contribution in [3.63, 3.8) is 0 Å². The van der Waals surface area contributed by atoms with E-state index < -0.39 is 11.0 Å². The summed E-state index contributed by atoms with van der Waals surface area (Å²) in [6.45, 7) is 1.71. The van der Waals surface area contributed by atoms with Gasteiger partial charge in [-0.1, -0.05) is 0 Å². The number of hydrazone groups is 1. The van der Waals surface area contributed by atoms with Gasteiger partial charge in [0.2, 0.25) is 0 Å². The number of carbonyl (C=O) groups is 1. The predicted molar refractivity (Wildman–Crippen MR) is 94.9 cm³/mol. The molecule has 130 valence electrons. The number of benzene rings is 2. The van der Waals surface area contributed by atoms with Crippen molar-refractivity contribution in [2.45, 2.75) is 13.0 Å². The molecule has 0 saturated heterocycles. The van der Waals surface area contributed by atoms with Crippen LogP contribution in [0.2, 0.25) is 0 Å². The van der Waals surface area contributed by atoms with E-state index >= 15 is 0 Å². The third kappa shape index (κ3) is 5.31. The maximum Gasteiger partial charge on any atom is 0.269 e. The lowest BCUT2D eigenvalue weighted by atomic mass is 10.2. The number of hydrogen-bond acceptors (Lipinski definition) is 6. The first-order valence-electron chi connectivity index (χ1n) is 7.47. The summed E-state index contributed by atoms with van der Waals surface area (Å²) in [6.07, 6.45) is 1.42. The molecule has 25 heavy (non-hydrogen) atoms. The Morgan fingerprint density at radius 1 is 1.20 bits per heavy atom. The van der Waals surface area contributed by atoms with Crippen molar-refractivity contribution >= 4 is 23.5 Å². The molecule has 0 unspecified atom stereocenters. The first-order valence-corrected chi connectivity index (χ1v) is 7.47. The van der Waals surface area contributed by atoms with Crippen LogP contribution in [-0.2, 0) is 4.79 Å². The van der Waals surface area contributed by atoms with E-state index in [-0.39, 0.29) is 11.6 Å². The highest BCUT2D eigenvalue weighted by Crippen LogP contribution is 2.15. The number of methoxy groups -OCH3 is 1. The number of ether oxygens (including phenoxy) is 1. The number of nitrogens with zero attached hydrogens (tertiary/aromatic N) is 2. The number of nitrogens with one attached hydrogen (secondary N) is 2. The fraction of sp³-hybridized carbons (Fsp3) is 0.176. The summed E-state index contributed by atoms with van der Waals surface area (Å²) in [5.74, 6) is 0.421. The maximum atomic E-state index is 12.0. The van der Waals surface area contributed by atoms with Crippen LogP contribution in [-0.4, -0.2) is 30.2 Å². The molecule has 1 atom stereocenters. The minimum Gasteiger partial charge on any atom is -0.497 e. The molecule has 8 heteroatoms. The highest BCUT2D eigenvalue weighted by Gasteiger charge is 2.11. The Kier molecular flexibility index (Phi) is 6.05. The monoisotopic (exact) mass is 342 g/mol. The molecule has 2 aromatic rings. The lowest BCUT2D eigenvalue weighted by Crippen LogP contribution is -2.34. The van der Waals surface area contributed by atoms with Crippen LogP contribution in [0.4, 0.5) is 11.4 Å². The number of rotatable bonds is 7. The second-order valence-electron chi connectivity index (χ2n) is 5.18. The molecule has 0 radical (unpaired) electrons. The molecule has 0 aliphatic rings. The second kappa shape index (κ2) is 8.44. The van der Waals surface area contributed by atoms with Gasteiger partial charge in [-0.2, -0.15) is 5.10 Å². The zero-order valence-electron chi connectivity index (χ0n) is 13.8. The number of non-ortho nitro benzene ring substituents is 1. The van der Waals surface area contributed by atoms with Crippen LogP contribution >= 0.6 is 0 Å². The summed E-state index contributed by atoms with van der Waals surface area (Å²) in [4.78, 5) is 22.1. The molecule has 1 amide bonds. The van der Waals surface area contributed by atoms with Crippen molar-refractivity contribution in [1.82, 2.24) is 5.43 Å². The van der Waals surface area contributed by atoms with E-state index in [0.717, 1.165) is 11.4 Å². The fourth-order valence-corrected chi connectivity index (χ4v) is 1.95. The van der Waals surface area contributed by atoms with Crippen LogP contribution in [0.25, 0.3) is 0 Å². The summed E-state index contributed by atoms with van der Waals surface area (Å²) in [5.41, 5.74) is 3.84. The second-order valence-corrected chi connectivity index (χ2v) is 5.18. The highest BCUT2D eigenvalue weighted by atomic mass is 16.6. The van der Waals surface area contributed by atoms with Crippen molar-refractivity contribution in [2.75, 3.05) is 12.4 Å². The van der Waals surface area contributed by atoms with E-state index in [0.29, 0.717) is 5.56 Å². The Labute approximate surface area is 144 Å². The predicted octanol–water partition coefficient (Wildman–Crippen LogP) is 2.55. The molecule has 0 aliphatic heterocycles. The summed E-state index contributed by atoms with van der Waals surface area (Å²) < 4.78 is 5.07. The Hall–Kier alpha value is -3.42. The van der Waals surface area contributed by atoms with Gasteiger partial charge in [-0.15, -0.1) is 0 Å². The number of hydrogen-bond donors (Lipinski definition) is 2. The summed E-state index contributed by atoms with van der Waals surface area (Å²) in [7, 11) is 1.58. The lowest BCUT2D eigenvalue weighted by Gasteiger charge is -2.13. The molecule has 0 fully saturated rings. The average molecular weight is 342 g/mol. The van der Waals surface area contributed by atoms with E-state index in [1.165, 1.54) is 18.3 Å². The Morgan fingerprint density at radius 2 is 1.84 bits per heavy atom. The van der Waals surface area contributed by atoms with Crippen LogP contribution in [0.15, 0.2) is 53.6 Å². The molecular weight excluding hydrogens is 324 g/mol. The SMILES string of the molecule is COc1ccc(N[C@H](C)C(=O)N/N=C\c2ccc([N+](=O)[O-])cc2)cc1. The third-order valence-corrected chi connectivity index (χ3v) is 3.36. The van der Waals surface area contributed by atoms with Gasteiger partial charge in [-0.05, 0) is 48.9 Å². The molecular formula is C17H18N4O4. The van der Waals surface area contributed by atoms with Crippen molar-refractivity contribution in [2.24, 2.45) is 5.10 Å². The third-order valence-electron chi connectivity index (χ3n) is 3.36. The molecule has 0 saturated carbocycles. The first-order chi connectivity index (χ1) is 12.0. The van der Waals surface area contributed by atoms with E-state index in [1.807, 2.05) is 12.1 Å². The number of nitro benzene ring substituents is 1. The smallest absolute Gasteiger partial charge is 0.269 e. The van der Waals surface area contributed by atoms with Crippen LogP contribution in [0.3, 0.4) is 0 Å². The molecule has 2 N–H and O–H groups in total. The van der Waals surface area contributed by atoms with Crippen molar-refractivity contribution in [3.05, 3.63) is 64.2 Å². The Balaban J connectivity index is 1.86. The summed E-state index contributed by atoms with van der Waals surface area (Å²) >= 11 is 0. The fourth-order valence-electron chi connectivity index (χ4n) is 1.95. The van der Waals surface area contributed by atoms with Gasteiger partial charge in [0.1, 0.15) is 11.8 Å². The van der Waals surface area contributed by atoms with E-state index in [9.17, 15) is 14.9 Å². The lowest BCUT2D eigenvalue weighted by molar-refractivity contribution is -0.384. The summed E-state index contributed by atoms with van der Waals surface area (Å²) in [6, 6.07) is 12.5. The quantitative estimate of drug-likeness (QED) is 0.457. The number of carbonyl (C=O) groups excluding carboxylic acids is 1. The van der Waals surface area contributed by atoms with E-state index in [4.69, 9.17) is 4.74 Å².